The number of carbonyl (C=O) groups excluding carboxylic acids is 1. The van der Waals surface area contributed by atoms with Gasteiger partial charge in [-0.15, -0.1) is 11.3 Å². The first-order valence-corrected chi connectivity index (χ1v) is 9.24. The zero-order valence-electron chi connectivity index (χ0n) is 15.0. The van der Waals surface area contributed by atoms with Gasteiger partial charge in [-0.1, -0.05) is 18.5 Å². The van der Waals surface area contributed by atoms with Crippen LogP contribution in [0.3, 0.4) is 0 Å². The molecule has 0 saturated carbocycles. The minimum atomic E-state index is -1.28. The quantitative estimate of drug-likeness (QED) is 0.735. The first-order valence-electron chi connectivity index (χ1n) is 7.99. The number of nitrogens with zero attached hydrogens (tertiary/aromatic N) is 2. The summed E-state index contributed by atoms with van der Waals surface area (Å²) >= 11 is 7.38. The summed E-state index contributed by atoms with van der Waals surface area (Å²) in [6.07, 6.45) is 1.33. The molecular formula is C18H20ClN3O3S. The van der Waals surface area contributed by atoms with Crippen molar-refractivity contribution in [3.63, 3.8) is 0 Å². The van der Waals surface area contributed by atoms with Gasteiger partial charge in [0.15, 0.2) is 5.01 Å². The molecule has 0 aliphatic carbocycles. The summed E-state index contributed by atoms with van der Waals surface area (Å²) in [6, 6.07) is 6.76. The Bertz CT molecular complexity index is 812. The molecule has 26 heavy (non-hydrogen) atoms. The maximum absolute atomic E-state index is 12.4. The maximum Gasteiger partial charge on any atom is 0.411 e. The Morgan fingerprint density at radius 2 is 2.15 bits per heavy atom. The van der Waals surface area contributed by atoms with E-state index in [0.29, 0.717) is 22.0 Å². The Labute approximate surface area is 161 Å². The number of nitrogens with one attached hydrogen (secondary N) is 1. The predicted octanol–water partition coefficient (Wildman–Crippen LogP) is 4.83. The van der Waals surface area contributed by atoms with E-state index in [-0.39, 0.29) is 5.75 Å². The Morgan fingerprint density at radius 3 is 2.69 bits per heavy atom. The fourth-order valence-corrected chi connectivity index (χ4v) is 3.15. The summed E-state index contributed by atoms with van der Waals surface area (Å²) < 4.78 is 11.5. The van der Waals surface area contributed by atoms with Crippen molar-refractivity contribution in [1.82, 2.24) is 10.3 Å². The van der Waals surface area contributed by atoms with Crippen molar-refractivity contribution >= 4 is 29.0 Å². The highest BCUT2D eigenvalue weighted by atomic mass is 35.5. The van der Waals surface area contributed by atoms with Crippen molar-refractivity contribution < 1.29 is 14.3 Å². The van der Waals surface area contributed by atoms with Gasteiger partial charge in [-0.3, -0.25) is 5.32 Å². The van der Waals surface area contributed by atoms with Crippen LogP contribution in [0.15, 0.2) is 29.8 Å². The number of rotatable bonds is 5. The highest BCUT2D eigenvalue weighted by Gasteiger charge is 2.39. The lowest BCUT2D eigenvalue weighted by atomic mass is 10.1. The van der Waals surface area contributed by atoms with Crippen LogP contribution < -0.4 is 10.1 Å². The number of benzene rings is 1. The summed E-state index contributed by atoms with van der Waals surface area (Å²) in [6.45, 7) is 7.16. The molecule has 0 spiro atoms. The number of alkyl carbamates (subject to hydrolysis) is 1. The molecule has 1 amide bonds. The second kappa shape index (κ2) is 7.94. The van der Waals surface area contributed by atoms with Crippen molar-refractivity contribution in [3.8, 4) is 11.8 Å². The minimum absolute atomic E-state index is 0.258. The van der Waals surface area contributed by atoms with Crippen molar-refractivity contribution in [2.45, 2.75) is 45.4 Å². The Hall–Kier alpha value is -2.30. The van der Waals surface area contributed by atoms with Crippen LogP contribution >= 0.6 is 22.9 Å². The van der Waals surface area contributed by atoms with Gasteiger partial charge in [0.25, 0.3) is 0 Å². The molecule has 1 aromatic carbocycles. The van der Waals surface area contributed by atoms with E-state index in [1.54, 1.807) is 44.5 Å². The SMILES string of the molecule is CCC(NC(=O)OC(C)(C)C)(Oc1cc(Cl)ccc1C#N)c1nccs1. The molecule has 0 fully saturated rings. The first-order chi connectivity index (χ1) is 12.2. The van der Waals surface area contributed by atoms with E-state index >= 15 is 0 Å². The lowest BCUT2D eigenvalue weighted by molar-refractivity contribution is -0.00328. The number of nitriles is 1. The average Bonchev–Trinajstić information content (AvgIpc) is 3.07. The molecule has 1 aromatic heterocycles. The van der Waals surface area contributed by atoms with Gasteiger partial charge in [-0.25, -0.2) is 9.78 Å². The fraction of sp³-hybridized carbons (Fsp3) is 0.389. The number of halogens is 1. The molecule has 0 radical (unpaired) electrons. The van der Waals surface area contributed by atoms with Gasteiger partial charge < -0.3 is 9.47 Å². The highest BCUT2D eigenvalue weighted by Crippen LogP contribution is 2.34. The molecule has 2 rings (SSSR count). The van der Waals surface area contributed by atoms with Crippen LogP contribution in [0.25, 0.3) is 0 Å². The minimum Gasteiger partial charge on any atom is -0.460 e. The largest absolute Gasteiger partial charge is 0.460 e. The summed E-state index contributed by atoms with van der Waals surface area (Å²) in [7, 11) is 0. The van der Waals surface area contributed by atoms with E-state index in [0.717, 1.165) is 0 Å². The lowest BCUT2D eigenvalue weighted by Gasteiger charge is -2.33. The maximum atomic E-state index is 12.4. The predicted molar refractivity (Wildman–Crippen MR) is 100 cm³/mol. The van der Waals surface area contributed by atoms with Crippen molar-refractivity contribution in [1.29, 1.82) is 5.26 Å². The Kier molecular flexibility index (Phi) is 6.11. The topological polar surface area (TPSA) is 84.2 Å². The van der Waals surface area contributed by atoms with E-state index in [2.05, 4.69) is 16.4 Å². The fourth-order valence-electron chi connectivity index (χ4n) is 2.19. The third-order valence-electron chi connectivity index (χ3n) is 3.33. The van der Waals surface area contributed by atoms with Crippen LogP contribution in [0.1, 0.15) is 44.7 Å². The molecular weight excluding hydrogens is 374 g/mol. The number of aromatic nitrogens is 1. The first kappa shape index (κ1) is 20.0. The Morgan fingerprint density at radius 1 is 1.42 bits per heavy atom. The molecule has 0 aliphatic rings. The number of amides is 1. The number of thiazole rings is 1. The van der Waals surface area contributed by atoms with Crippen LogP contribution in [0, 0.1) is 11.3 Å². The molecule has 1 unspecified atom stereocenters. The smallest absolute Gasteiger partial charge is 0.411 e. The molecule has 1 N–H and O–H groups in total. The number of ether oxygens (including phenoxy) is 2. The van der Waals surface area contributed by atoms with Crippen LogP contribution in [-0.4, -0.2) is 16.7 Å². The van der Waals surface area contributed by atoms with Gasteiger partial charge in [0.1, 0.15) is 17.4 Å². The number of carbonyl (C=O) groups is 1. The van der Waals surface area contributed by atoms with E-state index in [4.69, 9.17) is 21.1 Å². The van der Waals surface area contributed by atoms with Gasteiger partial charge in [-0.2, -0.15) is 5.26 Å². The van der Waals surface area contributed by atoms with Gasteiger partial charge in [0, 0.05) is 29.1 Å². The summed E-state index contributed by atoms with van der Waals surface area (Å²) in [4.78, 5) is 16.7. The molecule has 8 heteroatoms. The van der Waals surface area contributed by atoms with Gasteiger partial charge >= 0.3 is 6.09 Å². The molecule has 2 aromatic rings. The molecule has 1 heterocycles. The van der Waals surface area contributed by atoms with E-state index in [1.165, 1.54) is 17.4 Å². The van der Waals surface area contributed by atoms with Crippen molar-refractivity contribution in [2.24, 2.45) is 0 Å². The van der Waals surface area contributed by atoms with Gasteiger partial charge in [0.05, 0.1) is 5.56 Å². The molecule has 138 valence electrons. The van der Waals surface area contributed by atoms with Gasteiger partial charge in [0.2, 0.25) is 5.72 Å². The van der Waals surface area contributed by atoms with E-state index < -0.39 is 17.4 Å². The van der Waals surface area contributed by atoms with Crippen LogP contribution in [-0.2, 0) is 10.5 Å². The van der Waals surface area contributed by atoms with Crippen LogP contribution in [0.5, 0.6) is 5.75 Å². The zero-order chi connectivity index (χ0) is 19.4. The van der Waals surface area contributed by atoms with Crippen LogP contribution in [0.4, 0.5) is 4.79 Å². The molecule has 0 saturated heterocycles. The molecule has 0 aliphatic heterocycles. The zero-order valence-corrected chi connectivity index (χ0v) is 16.6. The highest BCUT2D eigenvalue weighted by molar-refractivity contribution is 7.09. The molecule has 0 bridgehead atoms. The van der Waals surface area contributed by atoms with Crippen LogP contribution in [0.2, 0.25) is 5.02 Å². The average molecular weight is 394 g/mol. The monoisotopic (exact) mass is 393 g/mol. The lowest BCUT2D eigenvalue weighted by Crippen LogP contribution is -2.51. The molecule has 1 atom stereocenters. The van der Waals surface area contributed by atoms with E-state index in [1.807, 2.05) is 6.92 Å². The van der Waals surface area contributed by atoms with Gasteiger partial charge in [-0.05, 0) is 32.9 Å². The van der Waals surface area contributed by atoms with E-state index in [9.17, 15) is 10.1 Å². The third kappa shape index (κ3) is 4.87. The van der Waals surface area contributed by atoms with Crippen molar-refractivity contribution in [2.75, 3.05) is 0 Å². The summed E-state index contributed by atoms with van der Waals surface area (Å²) in [5, 5.41) is 14.9. The third-order valence-corrected chi connectivity index (χ3v) is 4.48. The number of hydrogen-bond acceptors (Lipinski definition) is 6. The second-order valence-corrected chi connectivity index (χ2v) is 7.83. The second-order valence-electron chi connectivity index (χ2n) is 6.50. The summed E-state index contributed by atoms with van der Waals surface area (Å²) in [5.74, 6) is 0.258. The number of hydrogen-bond donors (Lipinski definition) is 1. The summed E-state index contributed by atoms with van der Waals surface area (Å²) in [5.41, 5.74) is -1.65. The Balaban J connectivity index is 2.44. The van der Waals surface area contributed by atoms with Crippen molar-refractivity contribution in [3.05, 3.63) is 45.4 Å². The standard InChI is InChI=1S/C18H20ClN3O3S/c1-5-18(15-21-8-9-26-15,22-16(23)25-17(2,3)4)24-14-10-13(19)7-6-12(14)11-20/h6-10H,5H2,1-4H3,(H,22,23). The molecule has 6 nitrogen and oxygen atoms in total. The normalized spacial score (nSPS) is 13.4.